The zero-order valence-corrected chi connectivity index (χ0v) is 8.10. The monoisotopic (exact) mass is 191 g/mol. The molecule has 3 rings (SSSR count). The van der Waals surface area contributed by atoms with Crippen LogP contribution in [0.2, 0.25) is 0 Å². The summed E-state index contributed by atoms with van der Waals surface area (Å²) in [6, 6.07) is 2.50. The Morgan fingerprint density at radius 1 is 1.43 bits per heavy atom. The molecule has 4 nitrogen and oxygen atoms in total. The van der Waals surface area contributed by atoms with E-state index in [0.717, 1.165) is 24.9 Å². The van der Waals surface area contributed by atoms with Crippen LogP contribution in [0.4, 0.5) is 5.82 Å². The van der Waals surface area contributed by atoms with Crippen molar-refractivity contribution in [1.82, 2.24) is 9.97 Å². The van der Waals surface area contributed by atoms with Crippen LogP contribution in [-0.2, 0) is 4.74 Å². The maximum Gasteiger partial charge on any atom is 0.129 e. The molecule has 2 fully saturated rings. The molecule has 2 heterocycles. The van der Waals surface area contributed by atoms with Gasteiger partial charge in [0, 0.05) is 24.1 Å². The molecule has 1 saturated carbocycles. The summed E-state index contributed by atoms with van der Waals surface area (Å²) in [5, 5.41) is 3.43. The number of ether oxygens (including phenoxy) is 1. The summed E-state index contributed by atoms with van der Waals surface area (Å²) >= 11 is 0. The summed E-state index contributed by atoms with van der Waals surface area (Å²) in [7, 11) is 0. The molecule has 14 heavy (non-hydrogen) atoms. The number of nitrogens with zero attached hydrogens (tertiary/aromatic N) is 2. The molecule has 0 spiro atoms. The van der Waals surface area contributed by atoms with Gasteiger partial charge in [0.1, 0.15) is 11.6 Å². The van der Waals surface area contributed by atoms with Crippen molar-refractivity contribution in [1.29, 1.82) is 0 Å². The quantitative estimate of drug-likeness (QED) is 0.752. The average Bonchev–Trinajstić information content (AvgIpc) is 2.62. The summed E-state index contributed by atoms with van der Waals surface area (Å²) in [5.74, 6) is 3.18. The normalized spacial score (nSPS) is 33.9. The minimum atomic E-state index is 0.582. The first kappa shape index (κ1) is 8.17. The average molecular weight is 191 g/mol. The molecule has 0 aromatic carbocycles. The van der Waals surface area contributed by atoms with Gasteiger partial charge in [-0.3, -0.25) is 0 Å². The summed E-state index contributed by atoms with van der Waals surface area (Å²) in [6.07, 6.45) is 1.79. The Balaban J connectivity index is 1.68. The summed E-state index contributed by atoms with van der Waals surface area (Å²) in [6.45, 7) is 3.72. The molecule has 74 valence electrons. The van der Waals surface area contributed by atoms with Gasteiger partial charge < -0.3 is 10.1 Å². The minimum Gasteiger partial charge on any atom is -0.381 e. The molecule has 1 unspecified atom stereocenters. The van der Waals surface area contributed by atoms with Crippen molar-refractivity contribution in [3.63, 3.8) is 0 Å². The SMILES string of the molecule is Cc1nccc(NC2[C@H]3COC[C@@H]23)n1. The van der Waals surface area contributed by atoms with Crippen LogP contribution in [0.5, 0.6) is 0 Å². The molecule has 1 aliphatic heterocycles. The van der Waals surface area contributed by atoms with Gasteiger partial charge >= 0.3 is 0 Å². The highest BCUT2D eigenvalue weighted by molar-refractivity contribution is 5.38. The first-order valence-corrected chi connectivity index (χ1v) is 4.98. The smallest absolute Gasteiger partial charge is 0.129 e. The maximum absolute atomic E-state index is 5.33. The molecule has 1 saturated heterocycles. The number of anilines is 1. The van der Waals surface area contributed by atoms with E-state index in [0.29, 0.717) is 17.9 Å². The van der Waals surface area contributed by atoms with Crippen molar-refractivity contribution in [2.45, 2.75) is 13.0 Å². The lowest BCUT2D eigenvalue weighted by molar-refractivity contribution is 0.162. The van der Waals surface area contributed by atoms with Gasteiger partial charge in [-0.05, 0) is 13.0 Å². The number of nitrogens with one attached hydrogen (secondary N) is 1. The van der Waals surface area contributed by atoms with E-state index in [1.807, 2.05) is 13.0 Å². The van der Waals surface area contributed by atoms with Crippen LogP contribution in [0.3, 0.4) is 0 Å². The number of hydrogen-bond donors (Lipinski definition) is 1. The zero-order chi connectivity index (χ0) is 9.54. The third-order valence-corrected chi connectivity index (χ3v) is 3.04. The van der Waals surface area contributed by atoms with Gasteiger partial charge in [0.05, 0.1) is 13.2 Å². The molecule has 3 atom stereocenters. The van der Waals surface area contributed by atoms with E-state index in [1.54, 1.807) is 6.20 Å². The maximum atomic E-state index is 5.33. The predicted octanol–water partition coefficient (Wildman–Crippen LogP) is 0.842. The first-order valence-electron chi connectivity index (χ1n) is 4.98. The van der Waals surface area contributed by atoms with Crippen LogP contribution in [0.15, 0.2) is 12.3 Å². The highest BCUT2D eigenvalue weighted by atomic mass is 16.5. The van der Waals surface area contributed by atoms with E-state index in [1.165, 1.54) is 0 Å². The summed E-state index contributed by atoms with van der Waals surface area (Å²) in [4.78, 5) is 8.38. The zero-order valence-electron chi connectivity index (χ0n) is 8.10. The van der Waals surface area contributed by atoms with Gasteiger partial charge in [-0.25, -0.2) is 9.97 Å². The Labute approximate surface area is 82.7 Å². The Kier molecular flexibility index (Phi) is 1.70. The van der Waals surface area contributed by atoms with E-state index in [2.05, 4.69) is 15.3 Å². The van der Waals surface area contributed by atoms with Crippen LogP contribution in [0, 0.1) is 18.8 Å². The van der Waals surface area contributed by atoms with Gasteiger partial charge in [0.25, 0.3) is 0 Å². The van der Waals surface area contributed by atoms with Crippen molar-refractivity contribution >= 4 is 5.82 Å². The van der Waals surface area contributed by atoms with Crippen LogP contribution in [0.25, 0.3) is 0 Å². The van der Waals surface area contributed by atoms with Crippen molar-refractivity contribution < 1.29 is 4.74 Å². The molecule has 1 aromatic heterocycles. The van der Waals surface area contributed by atoms with Crippen LogP contribution < -0.4 is 5.32 Å². The van der Waals surface area contributed by atoms with Crippen LogP contribution >= 0.6 is 0 Å². The number of fused-ring (bicyclic) bond motifs is 1. The topological polar surface area (TPSA) is 47.0 Å². The Hall–Kier alpha value is -1.16. The second-order valence-corrected chi connectivity index (χ2v) is 4.02. The number of aromatic nitrogens is 2. The minimum absolute atomic E-state index is 0.582. The third-order valence-electron chi connectivity index (χ3n) is 3.04. The molecular weight excluding hydrogens is 178 g/mol. The molecule has 0 radical (unpaired) electrons. The van der Waals surface area contributed by atoms with Gasteiger partial charge in [-0.2, -0.15) is 0 Å². The van der Waals surface area contributed by atoms with Gasteiger partial charge in [0.15, 0.2) is 0 Å². The van der Waals surface area contributed by atoms with E-state index < -0.39 is 0 Å². The van der Waals surface area contributed by atoms with Crippen LogP contribution in [0.1, 0.15) is 5.82 Å². The number of rotatable bonds is 2. The molecule has 1 aliphatic carbocycles. The summed E-state index contributed by atoms with van der Waals surface area (Å²) in [5.41, 5.74) is 0. The molecule has 4 heteroatoms. The highest BCUT2D eigenvalue weighted by Crippen LogP contribution is 2.45. The molecule has 1 N–H and O–H groups in total. The van der Waals surface area contributed by atoms with Gasteiger partial charge in [-0.1, -0.05) is 0 Å². The fourth-order valence-electron chi connectivity index (χ4n) is 2.16. The molecule has 2 aliphatic rings. The lowest BCUT2D eigenvalue weighted by atomic mass is 10.4. The predicted molar refractivity (Wildman–Crippen MR) is 52.0 cm³/mol. The third kappa shape index (κ3) is 1.26. The Morgan fingerprint density at radius 3 is 2.93 bits per heavy atom. The van der Waals surface area contributed by atoms with Gasteiger partial charge in [-0.15, -0.1) is 0 Å². The van der Waals surface area contributed by atoms with E-state index in [4.69, 9.17) is 4.74 Å². The summed E-state index contributed by atoms with van der Waals surface area (Å²) < 4.78 is 5.33. The van der Waals surface area contributed by atoms with Crippen molar-refractivity contribution in [3.05, 3.63) is 18.1 Å². The Morgan fingerprint density at radius 2 is 2.21 bits per heavy atom. The number of aryl methyl sites for hydroxylation is 1. The lowest BCUT2D eigenvalue weighted by Gasteiger charge is -2.07. The van der Waals surface area contributed by atoms with Crippen LogP contribution in [-0.4, -0.2) is 29.2 Å². The van der Waals surface area contributed by atoms with E-state index in [-0.39, 0.29) is 0 Å². The second-order valence-electron chi connectivity index (χ2n) is 4.02. The van der Waals surface area contributed by atoms with E-state index >= 15 is 0 Å². The lowest BCUT2D eigenvalue weighted by Crippen LogP contribution is -2.13. The fraction of sp³-hybridized carbons (Fsp3) is 0.600. The first-order chi connectivity index (χ1) is 6.84. The fourth-order valence-corrected chi connectivity index (χ4v) is 2.16. The van der Waals surface area contributed by atoms with Crippen molar-refractivity contribution in [2.75, 3.05) is 18.5 Å². The van der Waals surface area contributed by atoms with E-state index in [9.17, 15) is 0 Å². The number of hydrogen-bond acceptors (Lipinski definition) is 4. The van der Waals surface area contributed by atoms with Crippen molar-refractivity contribution in [2.24, 2.45) is 11.8 Å². The molecule has 0 amide bonds. The highest BCUT2D eigenvalue weighted by Gasteiger charge is 2.54. The molecule has 0 bridgehead atoms. The van der Waals surface area contributed by atoms with Gasteiger partial charge in [0.2, 0.25) is 0 Å². The van der Waals surface area contributed by atoms with Crippen molar-refractivity contribution in [3.8, 4) is 0 Å². The molecular formula is C10H13N3O. The largest absolute Gasteiger partial charge is 0.381 e. The molecule has 1 aromatic rings. The second kappa shape index (κ2) is 2.92. The Bertz CT molecular complexity index is 345. The standard InChI is InChI=1S/C10H13N3O/c1-6-11-3-2-9(12-6)13-10-7-4-14-5-8(7)10/h2-3,7-8,10H,4-5H2,1H3,(H,11,12,13)/t7-,8+,10?.